The third kappa shape index (κ3) is 4.87. The quantitative estimate of drug-likeness (QED) is 0.707. The van der Waals surface area contributed by atoms with E-state index in [2.05, 4.69) is 14.7 Å². The molecule has 1 aromatic heterocycles. The molecule has 0 saturated heterocycles. The molecule has 1 heterocycles. The molecule has 0 N–H and O–H groups in total. The predicted molar refractivity (Wildman–Crippen MR) is 92.3 cm³/mol. The highest BCUT2D eigenvalue weighted by molar-refractivity contribution is 5.78. The second-order valence-electron chi connectivity index (χ2n) is 7.09. The fourth-order valence-corrected chi connectivity index (χ4v) is 2.77. The predicted octanol–water partition coefficient (Wildman–Crippen LogP) is 4.54. The number of carbonyl (C=O) groups is 1. The SMILES string of the molecule is CCC(C)C(=O)N(Cc1ccc(-c2noc(C(F)(F)F)n2)cc1)CC1CC1. The lowest BCUT2D eigenvalue weighted by atomic mass is 10.1. The zero-order valence-corrected chi connectivity index (χ0v) is 15.3. The van der Waals surface area contributed by atoms with Crippen LogP contribution in [0.2, 0.25) is 0 Å². The molecule has 1 atom stereocenters. The molecule has 1 aliphatic carbocycles. The van der Waals surface area contributed by atoms with E-state index in [1.807, 2.05) is 18.7 Å². The zero-order chi connectivity index (χ0) is 19.6. The summed E-state index contributed by atoms with van der Waals surface area (Å²) in [6.45, 7) is 5.16. The Labute approximate surface area is 155 Å². The highest BCUT2D eigenvalue weighted by atomic mass is 19.4. The topological polar surface area (TPSA) is 59.2 Å². The van der Waals surface area contributed by atoms with Crippen LogP contribution in [-0.4, -0.2) is 27.5 Å². The monoisotopic (exact) mass is 381 g/mol. The Morgan fingerprint density at radius 1 is 1.30 bits per heavy atom. The fourth-order valence-electron chi connectivity index (χ4n) is 2.77. The highest BCUT2D eigenvalue weighted by Crippen LogP contribution is 2.31. The smallest absolute Gasteiger partial charge is 0.338 e. The summed E-state index contributed by atoms with van der Waals surface area (Å²) in [4.78, 5) is 17.9. The standard InChI is InChI=1S/C19H22F3N3O2/c1-3-12(2)17(26)25(10-13-4-5-13)11-14-6-8-15(9-7-14)16-23-18(27-24-16)19(20,21)22/h6-9,12-13H,3-5,10-11H2,1-2H3. The summed E-state index contributed by atoms with van der Waals surface area (Å²) in [5, 5.41) is 3.38. The van der Waals surface area contributed by atoms with E-state index >= 15 is 0 Å². The molecule has 0 aliphatic heterocycles. The summed E-state index contributed by atoms with van der Waals surface area (Å²) in [5.41, 5.74) is 1.34. The van der Waals surface area contributed by atoms with Gasteiger partial charge in [-0.2, -0.15) is 18.2 Å². The average Bonchev–Trinajstić information content (AvgIpc) is 3.30. The maximum Gasteiger partial charge on any atom is 0.471 e. The number of rotatable bonds is 7. The van der Waals surface area contributed by atoms with E-state index < -0.39 is 12.1 Å². The number of hydrogen-bond acceptors (Lipinski definition) is 4. The van der Waals surface area contributed by atoms with Gasteiger partial charge in [0.05, 0.1) is 0 Å². The molecule has 0 bridgehead atoms. The van der Waals surface area contributed by atoms with E-state index in [1.54, 1.807) is 24.3 Å². The Balaban J connectivity index is 1.71. The van der Waals surface area contributed by atoms with E-state index in [0.717, 1.165) is 31.4 Å². The van der Waals surface area contributed by atoms with Crippen LogP contribution in [0.25, 0.3) is 11.4 Å². The summed E-state index contributed by atoms with van der Waals surface area (Å²) in [6, 6.07) is 6.85. The van der Waals surface area contributed by atoms with Gasteiger partial charge in [-0.15, -0.1) is 0 Å². The third-order valence-corrected chi connectivity index (χ3v) is 4.78. The Kier molecular flexibility index (Phi) is 5.53. The van der Waals surface area contributed by atoms with Crippen molar-refractivity contribution in [2.75, 3.05) is 6.54 Å². The lowest BCUT2D eigenvalue weighted by molar-refractivity contribution is -0.159. The van der Waals surface area contributed by atoms with Crippen molar-refractivity contribution in [1.29, 1.82) is 0 Å². The Morgan fingerprint density at radius 2 is 1.96 bits per heavy atom. The molecule has 3 rings (SSSR count). The van der Waals surface area contributed by atoms with Gasteiger partial charge in [0, 0.05) is 24.6 Å². The molecule has 8 heteroatoms. The Morgan fingerprint density at radius 3 is 2.48 bits per heavy atom. The molecule has 1 saturated carbocycles. The van der Waals surface area contributed by atoms with Crippen LogP contribution in [-0.2, 0) is 17.5 Å². The normalized spacial score (nSPS) is 15.6. The lowest BCUT2D eigenvalue weighted by Crippen LogP contribution is -2.36. The first-order valence-electron chi connectivity index (χ1n) is 9.07. The van der Waals surface area contributed by atoms with Gasteiger partial charge in [0.25, 0.3) is 0 Å². The minimum Gasteiger partial charge on any atom is -0.338 e. The maximum absolute atomic E-state index is 12.6. The number of aromatic nitrogens is 2. The summed E-state index contributed by atoms with van der Waals surface area (Å²) >= 11 is 0. The van der Waals surface area contributed by atoms with Crippen LogP contribution in [0.1, 0.15) is 44.6 Å². The number of hydrogen-bond donors (Lipinski definition) is 0. The molecule has 5 nitrogen and oxygen atoms in total. The molecular formula is C19H22F3N3O2. The fraction of sp³-hybridized carbons (Fsp3) is 0.526. The van der Waals surface area contributed by atoms with Crippen LogP contribution >= 0.6 is 0 Å². The molecular weight excluding hydrogens is 359 g/mol. The van der Waals surface area contributed by atoms with Crippen LogP contribution in [0.15, 0.2) is 28.8 Å². The first-order chi connectivity index (χ1) is 12.8. The molecule has 146 valence electrons. The summed E-state index contributed by atoms with van der Waals surface area (Å²) in [5.74, 6) is -0.780. The van der Waals surface area contributed by atoms with Crippen LogP contribution in [0.4, 0.5) is 13.2 Å². The van der Waals surface area contributed by atoms with E-state index in [-0.39, 0.29) is 17.6 Å². The first kappa shape index (κ1) is 19.4. The van der Waals surface area contributed by atoms with Gasteiger partial charge in [-0.1, -0.05) is 43.3 Å². The van der Waals surface area contributed by atoms with Gasteiger partial charge in [-0.05, 0) is 30.7 Å². The molecule has 1 aliphatic rings. The zero-order valence-electron chi connectivity index (χ0n) is 15.3. The second-order valence-corrected chi connectivity index (χ2v) is 7.09. The lowest BCUT2D eigenvalue weighted by Gasteiger charge is -2.25. The summed E-state index contributed by atoms with van der Waals surface area (Å²) in [6.07, 6.45) is -1.56. The maximum atomic E-state index is 12.6. The van der Waals surface area contributed by atoms with Crippen LogP contribution in [0, 0.1) is 11.8 Å². The number of carbonyl (C=O) groups excluding carboxylic acids is 1. The Bertz CT molecular complexity index is 782. The van der Waals surface area contributed by atoms with Crippen molar-refractivity contribution in [3.63, 3.8) is 0 Å². The van der Waals surface area contributed by atoms with Crippen molar-refractivity contribution >= 4 is 5.91 Å². The van der Waals surface area contributed by atoms with Crippen LogP contribution < -0.4 is 0 Å². The van der Waals surface area contributed by atoms with Gasteiger partial charge in [0.1, 0.15) is 0 Å². The summed E-state index contributed by atoms with van der Waals surface area (Å²) in [7, 11) is 0. The minimum atomic E-state index is -4.66. The van der Waals surface area contributed by atoms with Gasteiger partial charge >= 0.3 is 12.1 Å². The molecule has 27 heavy (non-hydrogen) atoms. The van der Waals surface area contributed by atoms with Crippen LogP contribution in [0.5, 0.6) is 0 Å². The molecule has 1 aromatic carbocycles. The Hall–Kier alpha value is -2.38. The largest absolute Gasteiger partial charge is 0.471 e. The molecule has 1 unspecified atom stereocenters. The van der Waals surface area contributed by atoms with Gasteiger partial charge < -0.3 is 9.42 Å². The number of alkyl halides is 3. The number of halogens is 3. The van der Waals surface area contributed by atoms with E-state index in [1.165, 1.54) is 0 Å². The molecule has 0 radical (unpaired) electrons. The molecule has 0 spiro atoms. The third-order valence-electron chi connectivity index (χ3n) is 4.78. The van der Waals surface area contributed by atoms with Crippen molar-refractivity contribution in [2.45, 2.75) is 45.8 Å². The number of nitrogens with zero attached hydrogens (tertiary/aromatic N) is 3. The van der Waals surface area contributed by atoms with E-state index in [4.69, 9.17) is 0 Å². The van der Waals surface area contributed by atoms with Crippen molar-refractivity contribution in [3.05, 3.63) is 35.7 Å². The van der Waals surface area contributed by atoms with Gasteiger partial charge in [-0.25, -0.2) is 0 Å². The van der Waals surface area contributed by atoms with Gasteiger partial charge in [0.2, 0.25) is 11.7 Å². The van der Waals surface area contributed by atoms with Crippen molar-refractivity contribution in [1.82, 2.24) is 15.0 Å². The van der Waals surface area contributed by atoms with E-state index in [0.29, 0.717) is 18.0 Å². The van der Waals surface area contributed by atoms with E-state index in [9.17, 15) is 18.0 Å². The van der Waals surface area contributed by atoms with Crippen molar-refractivity contribution in [2.24, 2.45) is 11.8 Å². The van der Waals surface area contributed by atoms with Crippen LogP contribution in [0.3, 0.4) is 0 Å². The van der Waals surface area contributed by atoms with Crippen molar-refractivity contribution < 1.29 is 22.5 Å². The number of amides is 1. The summed E-state index contributed by atoms with van der Waals surface area (Å²) < 4.78 is 42.0. The first-order valence-corrected chi connectivity index (χ1v) is 9.07. The van der Waals surface area contributed by atoms with Gasteiger partial charge in [-0.3, -0.25) is 4.79 Å². The molecule has 2 aromatic rings. The minimum absolute atomic E-state index is 0.0249. The number of benzene rings is 1. The molecule has 1 amide bonds. The molecule has 1 fully saturated rings. The second kappa shape index (κ2) is 7.70. The van der Waals surface area contributed by atoms with Gasteiger partial charge in [0.15, 0.2) is 0 Å². The average molecular weight is 381 g/mol. The van der Waals surface area contributed by atoms with Crippen molar-refractivity contribution in [3.8, 4) is 11.4 Å². The highest BCUT2D eigenvalue weighted by Gasteiger charge is 2.38.